The summed E-state index contributed by atoms with van der Waals surface area (Å²) in [5, 5.41) is 1.88. The number of methoxy groups -OCH3 is 1. The van der Waals surface area contributed by atoms with Crippen molar-refractivity contribution < 1.29 is 9.53 Å². The number of thiophene rings is 1. The molecule has 0 spiro atoms. The van der Waals surface area contributed by atoms with Crippen molar-refractivity contribution >= 4 is 17.1 Å². The summed E-state index contributed by atoms with van der Waals surface area (Å²) in [5.74, 6) is 1.31. The molecule has 3 heteroatoms. The van der Waals surface area contributed by atoms with Crippen LogP contribution in [0.25, 0.3) is 0 Å². The van der Waals surface area contributed by atoms with Gasteiger partial charge in [-0.1, -0.05) is 38.1 Å². The molecular weight excluding hydrogens is 256 g/mol. The van der Waals surface area contributed by atoms with E-state index >= 15 is 0 Å². The van der Waals surface area contributed by atoms with Crippen molar-refractivity contribution in [3.8, 4) is 5.75 Å². The fraction of sp³-hybridized carbons (Fsp3) is 0.312. The number of benzene rings is 1. The van der Waals surface area contributed by atoms with Gasteiger partial charge < -0.3 is 4.74 Å². The first-order valence-electron chi connectivity index (χ1n) is 6.35. The fourth-order valence-corrected chi connectivity index (χ4v) is 2.75. The highest BCUT2D eigenvalue weighted by atomic mass is 32.1. The Balaban J connectivity index is 2.11. The minimum atomic E-state index is 0.115. The Kier molecular flexibility index (Phi) is 4.38. The SMILES string of the molecule is COc1ccsc1C(=O)Cc1ccc(C(C)C)cc1. The second-order valence-electron chi connectivity index (χ2n) is 4.81. The van der Waals surface area contributed by atoms with Gasteiger partial charge in [-0.3, -0.25) is 4.79 Å². The minimum absolute atomic E-state index is 0.115. The second kappa shape index (κ2) is 6.02. The quantitative estimate of drug-likeness (QED) is 0.760. The van der Waals surface area contributed by atoms with E-state index < -0.39 is 0 Å². The van der Waals surface area contributed by atoms with E-state index in [0.29, 0.717) is 23.0 Å². The molecule has 0 fully saturated rings. The Morgan fingerprint density at radius 1 is 1.21 bits per heavy atom. The van der Waals surface area contributed by atoms with Crippen LogP contribution in [0.3, 0.4) is 0 Å². The zero-order chi connectivity index (χ0) is 13.8. The topological polar surface area (TPSA) is 26.3 Å². The van der Waals surface area contributed by atoms with Crippen LogP contribution < -0.4 is 4.74 Å². The maximum atomic E-state index is 12.2. The van der Waals surface area contributed by atoms with Gasteiger partial charge in [0.1, 0.15) is 10.6 Å². The molecule has 0 aliphatic carbocycles. The molecular formula is C16H18O2S. The van der Waals surface area contributed by atoms with Gasteiger partial charge in [-0.25, -0.2) is 0 Å². The van der Waals surface area contributed by atoms with E-state index in [4.69, 9.17) is 4.74 Å². The average Bonchev–Trinajstić information content (AvgIpc) is 2.87. The molecule has 0 unspecified atom stereocenters. The normalized spacial score (nSPS) is 10.7. The van der Waals surface area contributed by atoms with Gasteiger partial charge in [0.25, 0.3) is 0 Å². The van der Waals surface area contributed by atoms with Crippen LogP contribution in [-0.4, -0.2) is 12.9 Å². The lowest BCUT2D eigenvalue weighted by atomic mass is 10.00. The van der Waals surface area contributed by atoms with Crippen molar-refractivity contribution in [1.82, 2.24) is 0 Å². The molecule has 0 saturated heterocycles. The summed E-state index contributed by atoms with van der Waals surface area (Å²) >= 11 is 1.43. The summed E-state index contributed by atoms with van der Waals surface area (Å²) in [7, 11) is 1.59. The molecule has 1 heterocycles. The number of ether oxygens (including phenoxy) is 1. The summed E-state index contributed by atoms with van der Waals surface area (Å²) in [4.78, 5) is 12.9. The van der Waals surface area contributed by atoms with Crippen LogP contribution in [0.1, 0.15) is 40.6 Å². The standard InChI is InChI=1S/C16H18O2S/c1-11(2)13-6-4-12(5-7-13)10-14(17)16-15(18-3)8-9-19-16/h4-9,11H,10H2,1-3H3. The van der Waals surface area contributed by atoms with Gasteiger partial charge in [0.15, 0.2) is 5.78 Å². The zero-order valence-electron chi connectivity index (χ0n) is 11.5. The van der Waals surface area contributed by atoms with Gasteiger partial charge in [-0.05, 0) is 28.5 Å². The summed E-state index contributed by atoms with van der Waals surface area (Å²) in [6, 6.07) is 10.1. The smallest absolute Gasteiger partial charge is 0.180 e. The Morgan fingerprint density at radius 3 is 2.47 bits per heavy atom. The average molecular weight is 274 g/mol. The lowest BCUT2D eigenvalue weighted by Crippen LogP contribution is -2.03. The highest BCUT2D eigenvalue weighted by Crippen LogP contribution is 2.26. The van der Waals surface area contributed by atoms with Crippen molar-refractivity contribution in [2.75, 3.05) is 7.11 Å². The van der Waals surface area contributed by atoms with Crippen LogP contribution in [0.2, 0.25) is 0 Å². The predicted molar refractivity (Wildman–Crippen MR) is 79.4 cm³/mol. The molecule has 0 saturated carbocycles. The molecule has 0 amide bonds. The Bertz CT molecular complexity index is 552. The van der Waals surface area contributed by atoms with E-state index in [2.05, 4.69) is 26.0 Å². The molecule has 0 N–H and O–H groups in total. The van der Waals surface area contributed by atoms with Crippen LogP contribution in [0.15, 0.2) is 35.7 Å². The number of hydrogen-bond acceptors (Lipinski definition) is 3. The Labute approximate surface area is 118 Å². The highest BCUT2D eigenvalue weighted by molar-refractivity contribution is 7.12. The van der Waals surface area contributed by atoms with Crippen LogP contribution in [0, 0.1) is 0 Å². The molecule has 0 atom stereocenters. The van der Waals surface area contributed by atoms with Gasteiger partial charge in [0.05, 0.1) is 7.11 Å². The van der Waals surface area contributed by atoms with Crippen molar-refractivity contribution in [3.63, 3.8) is 0 Å². The summed E-state index contributed by atoms with van der Waals surface area (Å²) in [5.41, 5.74) is 2.34. The lowest BCUT2D eigenvalue weighted by molar-refractivity contribution is 0.0994. The number of rotatable bonds is 5. The summed E-state index contributed by atoms with van der Waals surface area (Å²) < 4.78 is 5.18. The number of carbonyl (C=O) groups excluding carboxylic acids is 1. The first-order chi connectivity index (χ1) is 9.11. The van der Waals surface area contributed by atoms with E-state index in [1.165, 1.54) is 16.9 Å². The fourth-order valence-electron chi connectivity index (χ4n) is 1.95. The summed E-state index contributed by atoms with van der Waals surface area (Å²) in [6.07, 6.45) is 0.426. The third-order valence-electron chi connectivity index (χ3n) is 3.11. The second-order valence-corrected chi connectivity index (χ2v) is 5.73. The maximum Gasteiger partial charge on any atom is 0.180 e. The van der Waals surface area contributed by atoms with E-state index in [9.17, 15) is 4.79 Å². The van der Waals surface area contributed by atoms with E-state index in [-0.39, 0.29) is 5.78 Å². The zero-order valence-corrected chi connectivity index (χ0v) is 12.3. The lowest BCUT2D eigenvalue weighted by Gasteiger charge is -2.06. The number of ketones is 1. The van der Waals surface area contributed by atoms with Crippen LogP contribution >= 0.6 is 11.3 Å². The molecule has 19 heavy (non-hydrogen) atoms. The van der Waals surface area contributed by atoms with Crippen LogP contribution in [-0.2, 0) is 6.42 Å². The van der Waals surface area contributed by atoms with E-state index in [1.807, 2.05) is 23.6 Å². The van der Waals surface area contributed by atoms with Gasteiger partial charge in [0.2, 0.25) is 0 Å². The Morgan fingerprint density at radius 2 is 1.89 bits per heavy atom. The van der Waals surface area contributed by atoms with Crippen LogP contribution in [0.4, 0.5) is 0 Å². The highest BCUT2D eigenvalue weighted by Gasteiger charge is 2.14. The van der Waals surface area contributed by atoms with Crippen molar-refractivity contribution in [3.05, 3.63) is 51.7 Å². The maximum absolute atomic E-state index is 12.2. The monoisotopic (exact) mass is 274 g/mol. The molecule has 1 aromatic heterocycles. The van der Waals surface area contributed by atoms with Crippen molar-refractivity contribution in [2.45, 2.75) is 26.2 Å². The molecule has 0 radical (unpaired) electrons. The summed E-state index contributed by atoms with van der Waals surface area (Å²) in [6.45, 7) is 4.33. The van der Waals surface area contributed by atoms with E-state index in [1.54, 1.807) is 7.11 Å². The van der Waals surface area contributed by atoms with E-state index in [0.717, 1.165) is 5.56 Å². The number of carbonyl (C=O) groups is 1. The number of Topliss-reactive ketones (excluding diaryl/α,β-unsaturated/α-hetero) is 1. The molecule has 0 aliphatic rings. The van der Waals surface area contributed by atoms with Crippen molar-refractivity contribution in [2.24, 2.45) is 0 Å². The first kappa shape index (κ1) is 13.8. The van der Waals surface area contributed by atoms with Gasteiger partial charge in [-0.15, -0.1) is 11.3 Å². The van der Waals surface area contributed by atoms with Gasteiger partial charge in [0, 0.05) is 6.42 Å². The minimum Gasteiger partial charge on any atom is -0.495 e. The van der Waals surface area contributed by atoms with Gasteiger partial charge >= 0.3 is 0 Å². The molecule has 2 nitrogen and oxygen atoms in total. The number of hydrogen-bond donors (Lipinski definition) is 0. The van der Waals surface area contributed by atoms with Crippen molar-refractivity contribution in [1.29, 1.82) is 0 Å². The largest absolute Gasteiger partial charge is 0.495 e. The molecule has 100 valence electrons. The molecule has 0 bridgehead atoms. The first-order valence-corrected chi connectivity index (χ1v) is 7.23. The molecule has 0 aliphatic heterocycles. The third kappa shape index (κ3) is 3.24. The van der Waals surface area contributed by atoms with Crippen LogP contribution in [0.5, 0.6) is 5.75 Å². The molecule has 2 aromatic rings. The predicted octanol–water partition coefficient (Wildman–Crippen LogP) is 4.31. The molecule has 1 aromatic carbocycles. The Hall–Kier alpha value is -1.61. The molecule has 2 rings (SSSR count). The van der Waals surface area contributed by atoms with Gasteiger partial charge in [-0.2, -0.15) is 0 Å². The third-order valence-corrected chi connectivity index (χ3v) is 4.05.